The zero-order valence-corrected chi connectivity index (χ0v) is 11.2. The molecule has 0 radical (unpaired) electrons. The number of carbonyl (C=O) groups excluding carboxylic acids is 1. The minimum absolute atomic E-state index is 0.202. The highest BCUT2D eigenvalue weighted by atomic mass is 16.5. The fourth-order valence-electron chi connectivity index (χ4n) is 2.19. The lowest BCUT2D eigenvalue weighted by atomic mass is 10.1. The number of amides is 1. The summed E-state index contributed by atoms with van der Waals surface area (Å²) in [6.07, 6.45) is 0. The van der Waals surface area contributed by atoms with E-state index < -0.39 is 23.2 Å². The summed E-state index contributed by atoms with van der Waals surface area (Å²) in [7, 11) is 0. The SMILES string of the molecule is C=C(C)COCCNC(=O)[C@H]1[C@@H](C(=O)O)C1(C)C. The summed E-state index contributed by atoms with van der Waals surface area (Å²) in [6.45, 7) is 10.4. The van der Waals surface area contributed by atoms with Gasteiger partial charge in [-0.05, 0) is 12.3 Å². The molecular formula is C13H21NO4. The minimum atomic E-state index is -0.904. The van der Waals surface area contributed by atoms with E-state index >= 15 is 0 Å². The van der Waals surface area contributed by atoms with Crippen molar-refractivity contribution in [1.29, 1.82) is 0 Å². The average Bonchev–Trinajstić information content (AvgIpc) is 2.80. The highest BCUT2D eigenvalue weighted by Gasteiger charge is 2.65. The van der Waals surface area contributed by atoms with Crippen molar-refractivity contribution in [3.8, 4) is 0 Å². The van der Waals surface area contributed by atoms with E-state index in [1.54, 1.807) is 13.8 Å². The number of carboxylic acids is 1. The van der Waals surface area contributed by atoms with Crippen LogP contribution in [0.25, 0.3) is 0 Å². The Kier molecular flexibility index (Phi) is 4.51. The van der Waals surface area contributed by atoms with Crippen LogP contribution in [0.5, 0.6) is 0 Å². The first-order chi connectivity index (χ1) is 8.28. The maximum Gasteiger partial charge on any atom is 0.307 e. The van der Waals surface area contributed by atoms with E-state index in [1.807, 2.05) is 6.92 Å². The van der Waals surface area contributed by atoms with Gasteiger partial charge in [-0.2, -0.15) is 0 Å². The van der Waals surface area contributed by atoms with Gasteiger partial charge in [0.25, 0.3) is 0 Å². The first-order valence-electron chi connectivity index (χ1n) is 6.01. The van der Waals surface area contributed by atoms with E-state index in [9.17, 15) is 9.59 Å². The molecule has 18 heavy (non-hydrogen) atoms. The quantitative estimate of drug-likeness (QED) is 0.526. The van der Waals surface area contributed by atoms with Gasteiger partial charge in [-0.15, -0.1) is 0 Å². The molecule has 0 aromatic carbocycles. The third-order valence-electron chi connectivity index (χ3n) is 3.27. The normalized spacial score (nSPS) is 24.4. The van der Waals surface area contributed by atoms with Crippen molar-refractivity contribution in [2.24, 2.45) is 17.3 Å². The molecule has 5 nitrogen and oxygen atoms in total. The van der Waals surface area contributed by atoms with Crippen LogP contribution in [0.3, 0.4) is 0 Å². The van der Waals surface area contributed by atoms with E-state index in [0.29, 0.717) is 19.8 Å². The predicted octanol–water partition coefficient (Wildman–Crippen LogP) is 1.05. The van der Waals surface area contributed by atoms with Crippen LogP contribution in [0.15, 0.2) is 12.2 Å². The smallest absolute Gasteiger partial charge is 0.307 e. The number of nitrogens with one attached hydrogen (secondary N) is 1. The molecule has 1 rings (SSSR count). The molecule has 5 heteroatoms. The van der Waals surface area contributed by atoms with E-state index in [1.165, 1.54) is 0 Å². The summed E-state index contributed by atoms with van der Waals surface area (Å²) in [5.41, 5.74) is 0.477. The molecule has 0 spiro atoms. The van der Waals surface area contributed by atoms with Crippen molar-refractivity contribution in [3.05, 3.63) is 12.2 Å². The van der Waals surface area contributed by atoms with Crippen LogP contribution < -0.4 is 5.32 Å². The number of rotatable bonds is 7. The van der Waals surface area contributed by atoms with Gasteiger partial charge < -0.3 is 15.2 Å². The molecule has 0 aromatic rings. The monoisotopic (exact) mass is 255 g/mol. The summed E-state index contributed by atoms with van der Waals surface area (Å²) in [6, 6.07) is 0. The van der Waals surface area contributed by atoms with Crippen LogP contribution in [0, 0.1) is 17.3 Å². The lowest BCUT2D eigenvalue weighted by molar-refractivity contribution is -0.140. The summed E-state index contributed by atoms with van der Waals surface area (Å²) < 4.78 is 5.24. The molecule has 0 unspecified atom stereocenters. The third-order valence-corrected chi connectivity index (χ3v) is 3.27. The van der Waals surface area contributed by atoms with E-state index in [2.05, 4.69) is 11.9 Å². The minimum Gasteiger partial charge on any atom is -0.481 e. The lowest BCUT2D eigenvalue weighted by Gasteiger charge is -2.07. The molecule has 102 valence electrons. The van der Waals surface area contributed by atoms with Crippen LogP contribution in [-0.2, 0) is 14.3 Å². The zero-order chi connectivity index (χ0) is 13.9. The second-order valence-electron chi connectivity index (χ2n) is 5.42. The van der Waals surface area contributed by atoms with Crippen LogP contribution >= 0.6 is 0 Å². The number of hydrogen-bond donors (Lipinski definition) is 2. The molecule has 1 saturated carbocycles. The van der Waals surface area contributed by atoms with Gasteiger partial charge in [0.1, 0.15) is 0 Å². The Bertz CT molecular complexity index is 362. The summed E-state index contributed by atoms with van der Waals surface area (Å²) in [5.74, 6) is -2.12. The van der Waals surface area contributed by atoms with Crippen molar-refractivity contribution in [3.63, 3.8) is 0 Å². The Labute approximate surface area is 107 Å². The Balaban J connectivity index is 2.27. The molecule has 1 amide bonds. The van der Waals surface area contributed by atoms with Crippen LogP contribution in [0.2, 0.25) is 0 Å². The van der Waals surface area contributed by atoms with Gasteiger partial charge in [-0.1, -0.05) is 26.0 Å². The number of ether oxygens (including phenoxy) is 1. The van der Waals surface area contributed by atoms with E-state index in [-0.39, 0.29) is 5.91 Å². The Morgan fingerprint density at radius 3 is 2.44 bits per heavy atom. The van der Waals surface area contributed by atoms with Crippen molar-refractivity contribution >= 4 is 11.9 Å². The van der Waals surface area contributed by atoms with Crippen molar-refractivity contribution < 1.29 is 19.4 Å². The maximum absolute atomic E-state index is 11.8. The molecule has 1 aliphatic rings. The van der Waals surface area contributed by atoms with E-state index in [0.717, 1.165) is 5.57 Å². The molecule has 0 heterocycles. The summed E-state index contributed by atoms with van der Waals surface area (Å²) >= 11 is 0. The molecule has 1 fully saturated rings. The largest absolute Gasteiger partial charge is 0.481 e. The predicted molar refractivity (Wildman–Crippen MR) is 67.0 cm³/mol. The molecule has 0 aliphatic heterocycles. The fourth-order valence-corrected chi connectivity index (χ4v) is 2.19. The second kappa shape index (κ2) is 5.52. The van der Waals surface area contributed by atoms with Gasteiger partial charge in [0.15, 0.2) is 0 Å². The zero-order valence-electron chi connectivity index (χ0n) is 11.2. The molecule has 1 aliphatic carbocycles. The number of carboxylic acid groups (broad SMARTS) is 1. The molecule has 0 aromatic heterocycles. The molecule has 2 N–H and O–H groups in total. The molecular weight excluding hydrogens is 234 g/mol. The molecule has 0 bridgehead atoms. The van der Waals surface area contributed by atoms with Gasteiger partial charge in [0.2, 0.25) is 5.91 Å². The van der Waals surface area contributed by atoms with Crippen molar-refractivity contribution in [2.75, 3.05) is 19.8 Å². The third kappa shape index (κ3) is 3.32. The number of aliphatic carboxylic acids is 1. The summed E-state index contributed by atoms with van der Waals surface area (Å²) in [5, 5.41) is 11.7. The first kappa shape index (κ1) is 14.7. The molecule has 2 atom stereocenters. The van der Waals surface area contributed by atoms with Gasteiger partial charge in [-0.3, -0.25) is 9.59 Å². The van der Waals surface area contributed by atoms with Crippen molar-refractivity contribution in [1.82, 2.24) is 5.32 Å². The van der Waals surface area contributed by atoms with E-state index in [4.69, 9.17) is 9.84 Å². The Morgan fingerprint density at radius 1 is 1.39 bits per heavy atom. The van der Waals surface area contributed by atoms with Crippen molar-refractivity contribution in [2.45, 2.75) is 20.8 Å². The molecule has 0 saturated heterocycles. The van der Waals surface area contributed by atoms with Gasteiger partial charge >= 0.3 is 5.97 Å². The van der Waals surface area contributed by atoms with Gasteiger partial charge in [0, 0.05) is 6.54 Å². The topological polar surface area (TPSA) is 75.6 Å². The first-order valence-corrected chi connectivity index (χ1v) is 6.01. The average molecular weight is 255 g/mol. The van der Waals surface area contributed by atoms with Crippen LogP contribution in [0.4, 0.5) is 0 Å². The van der Waals surface area contributed by atoms with Gasteiger partial charge in [0.05, 0.1) is 25.0 Å². The Hall–Kier alpha value is -1.36. The second-order valence-corrected chi connectivity index (χ2v) is 5.42. The van der Waals surface area contributed by atoms with Crippen LogP contribution in [-0.4, -0.2) is 36.7 Å². The van der Waals surface area contributed by atoms with Gasteiger partial charge in [-0.25, -0.2) is 0 Å². The van der Waals surface area contributed by atoms with Crippen LogP contribution in [0.1, 0.15) is 20.8 Å². The number of hydrogen-bond acceptors (Lipinski definition) is 3. The highest BCUT2D eigenvalue weighted by Crippen LogP contribution is 2.58. The Morgan fingerprint density at radius 2 is 2.00 bits per heavy atom. The fraction of sp³-hybridized carbons (Fsp3) is 0.692. The number of carbonyl (C=O) groups is 2. The lowest BCUT2D eigenvalue weighted by Crippen LogP contribution is -2.30. The standard InChI is InChI=1S/C13H21NO4/c1-8(2)7-18-6-5-14-11(15)9-10(12(16)17)13(9,3)4/h9-10H,1,5-7H2,2-4H3,(H,14,15)(H,16,17)/t9-,10+/m1/s1. The maximum atomic E-state index is 11.8. The summed E-state index contributed by atoms with van der Waals surface area (Å²) in [4.78, 5) is 22.7. The highest BCUT2D eigenvalue weighted by molar-refractivity contribution is 5.91.